The molecule has 0 aliphatic rings. The van der Waals surface area contributed by atoms with Crippen molar-refractivity contribution in [2.45, 2.75) is 25.3 Å². The molecule has 0 saturated carbocycles. The van der Waals surface area contributed by atoms with E-state index in [1.165, 1.54) is 4.90 Å². The highest BCUT2D eigenvalue weighted by molar-refractivity contribution is 7.99. The summed E-state index contributed by atoms with van der Waals surface area (Å²) < 4.78 is 2.09. The van der Waals surface area contributed by atoms with Gasteiger partial charge in [-0.3, -0.25) is 4.79 Å². The zero-order valence-electron chi connectivity index (χ0n) is 11.4. The molecule has 3 heteroatoms. The second-order valence-electron chi connectivity index (χ2n) is 4.82. The van der Waals surface area contributed by atoms with Crippen LogP contribution in [0.5, 0.6) is 0 Å². The minimum Gasteiger partial charge on any atom is -0.353 e. The van der Waals surface area contributed by atoms with Crippen molar-refractivity contribution in [3.63, 3.8) is 0 Å². The standard InChI is InChI=1S/C16H19NOS/c1-13(2)16(18)14-8-9-17(12-14)10-11-19-15-6-4-3-5-7-15/h3-9,12-13H,10-11H2,1-2H3. The molecule has 0 atom stereocenters. The van der Waals surface area contributed by atoms with Crippen LogP contribution in [0.2, 0.25) is 0 Å². The highest BCUT2D eigenvalue weighted by Gasteiger charge is 2.11. The number of benzene rings is 1. The number of thioether (sulfide) groups is 1. The normalized spacial score (nSPS) is 10.9. The highest BCUT2D eigenvalue weighted by atomic mass is 32.2. The van der Waals surface area contributed by atoms with Gasteiger partial charge in [0.15, 0.2) is 5.78 Å². The molecular formula is C16H19NOS. The van der Waals surface area contributed by atoms with Gasteiger partial charge in [0.25, 0.3) is 0 Å². The number of hydrogen-bond donors (Lipinski definition) is 0. The first-order valence-corrected chi connectivity index (χ1v) is 7.53. The van der Waals surface area contributed by atoms with Crippen molar-refractivity contribution < 1.29 is 4.79 Å². The molecule has 0 radical (unpaired) electrons. The van der Waals surface area contributed by atoms with E-state index in [4.69, 9.17) is 0 Å². The predicted octanol–water partition coefficient (Wildman–Crippen LogP) is 4.12. The lowest BCUT2D eigenvalue weighted by molar-refractivity contribution is 0.0939. The van der Waals surface area contributed by atoms with Crippen molar-refractivity contribution in [1.29, 1.82) is 0 Å². The van der Waals surface area contributed by atoms with Crippen LogP contribution >= 0.6 is 11.8 Å². The van der Waals surface area contributed by atoms with Gasteiger partial charge in [-0.2, -0.15) is 0 Å². The Kier molecular flexibility index (Phi) is 4.86. The Bertz CT molecular complexity index is 531. The van der Waals surface area contributed by atoms with Crippen LogP contribution in [-0.4, -0.2) is 16.1 Å². The van der Waals surface area contributed by atoms with Crippen molar-refractivity contribution in [2.24, 2.45) is 5.92 Å². The lowest BCUT2D eigenvalue weighted by atomic mass is 10.0. The fourth-order valence-corrected chi connectivity index (χ4v) is 2.73. The summed E-state index contributed by atoms with van der Waals surface area (Å²) >= 11 is 1.83. The Hall–Kier alpha value is -1.48. The molecule has 19 heavy (non-hydrogen) atoms. The van der Waals surface area contributed by atoms with Crippen LogP contribution < -0.4 is 0 Å². The third-order valence-corrected chi connectivity index (χ3v) is 3.91. The average molecular weight is 273 g/mol. The van der Waals surface area contributed by atoms with E-state index in [0.717, 1.165) is 17.9 Å². The zero-order valence-corrected chi connectivity index (χ0v) is 12.2. The Balaban J connectivity index is 1.85. The highest BCUT2D eigenvalue weighted by Crippen LogP contribution is 2.17. The molecule has 0 spiro atoms. The molecule has 1 aromatic heterocycles. The van der Waals surface area contributed by atoms with Gasteiger partial charge >= 0.3 is 0 Å². The molecule has 0 unspecified atom stereocenters. The maximum Gasteiger partial charge on any atom is 0.166 e. The number of nitrogens with zero attached hydrogens (tertiary/aromatic N) is 1. The third-order valence-electron chi connectivity index (χ3n) is 2.92. The van der Waals surface area contributed by atoms with Gasteiger partial charge in [-0.1, -0.05) is 32.0 Å². The van der Waals surface area contributed by atoms with E-state index in [1.54, 1.807) is 0 Å². The van der Waals surface area contributed by atoms with E-state index in [0.29, 0.717) is 0 Å². The van der Waals surface area contributed by atoms with Gasteiger partial charge in [-0.25, -0.2) is 0 Å². The number of Topliss-reactive ketones (excluding diaryl/α,β-unsaturated/α-hetero) is 1. The van der Waals surface area contributed by atoms with Crippen LogP contribution in [0, 0.1) is 5.92 Å². The molecule has 0 aliphatic heterocycles. The Morgan fingerprint density at radius 3 is 2.63 bits per heavy atom. The summed E-state index contributed by atoms with van der Waals surface area (Å²) in [6.07, 6.45) is 3.94. The van der Waals surface area contributed by atoms with Gasteiger partial charge in [-0.15, -0.1) is 11.8 Å². The summed E-state index contributed by atoms with van der Waals surface area (Å²) in [6.45, 7) is 4.79. The first-order valence-electron chi connectivity index (χ1n) is 6.54. The summed E-state index contributed by atoms with van der Waals surface area (Å²) in [5.74, 6) is 1.29. The average Bonchev–Trinajstić information content (AvgIpc) is 2.88. The second kappa shape index (κ2) is 6.62. The molecule has 0 saturated heterocycles. The van der Waals surface area contributed by atoms with Gasteiger partial charge < -0.3 is 4.57 Å². The van der Waals surface area contributed by atoms with Crippen molar-refractivity contribution in [1.82, 2.24) is 4.57 Å². The Morgan fingerprint density at radius 1 is 1.21 bits per heavy atom. The topological polar surface area (TPSA) is 22.0 Å². The smallest absolute Gasteiger partial charge is 0.166 e. The third kappa shape index (κ3) is 4.00. The van der Waals surface area contributed by atoms with E-state index in [-0.39, 0.29) is 11.7 Å². The van der Waals surface area contributed by atoms with Crippen LogP contribution in [0.3, 0.4) is 0 Å². The van der Waals surface area contributed by atoms with Gasteiger partial charge in [-0.05, 0) is 18.2 Å². The first-order chi connectivity index (χ1) is 9.16. The van der Waals surface area contributed by atoms with Crippen molar-refractivity contribution >= 4 is 17.5 Å². The van der Waals surface area contributed by atoms with Crippen molar-refractivity contribution in [3.8, 4) is 0 Å². The van der Waals surface area contributed by atoms with Crippen LogP contribution in [0.15, 0.2) is 53.7 Å². The molecule has 1 heterocycles. The molecule has 2 aromatic rings. The molecule has 2 nitrogen and oxygen atoms in total. The fourth-order valence-electron chi connectivity index (χ4n) is 1.84. The summed E-state index contributed by atoms with van der Waals surface area (Å²) in [6, 6.07) is 12.3. The van der Waals surface area contributed by atoms with Gasteiger partial charge in [0.1, 0.15) is 0 Å². The van der Waals surface area contributed by atoms with Gasteiger partial charge in [0.05, 0.1) is 0 Å². The number of hydrogen-bond acceptors (Lipinski definition) is 2. The first kappa shape index (κ1) is 13.9. The van der Waals surface area contributed by atoms with Gasteiger partial charge in [0, 0.05) is 41.1 Å². The van der Waals surface area contributed by atoms with E-state index in [1.807, 2.05) is 50.1 Å². The molecule has 0 fully saturated rings. The Morgan fingerprint density at radius 2 is 1.95 bits per heavy atom. The number of carbonyl (C=O) groups excluding carboxylic acids is 1. The molecule has 0 amide bonds. The summed E-state index contributed by atoms with van der Waals surface area (Å²) in [4.78, 5) is 13.1. The summed E-state index contributed by atoms with van der Waals surface area (Å²) in [5, 5.41) is 0. The summed E-state index contributed by atoms with van der Waals surface area (Å²) in [5.41, 5.74) is 0.819. The van der Waals surface area contributed by atoms with Crippen LogP contribution in [0.1, 0.15) is 24.2 Å². The van der Waals surface area contributed by atoms with E-state index >= 15 is 0 Å². The maximum absolute atomic E-state index is 11.8. The number of aromatic nitrogens is 1. The molecule has 0 bridgehead atoms. The molecular weight excluding hydrogens is 254 g/mol. The minimum atomic E-state index is 0.0644. The quantitative estimate of drug-likeness (QED) is 0.583. The lowest BCUT2D eigenvalue weighted by Crippen LogP contribution is -2.06. The lowest BCUT2D eigenvalue weighted by Gasteiger charge is -2.03. The number of aryl methyl sites for hydroxylation is 1. The minimum absolute atomic E-state index is 0.0644. The molecule has 2 rings (SSSR count). The van der Waals surface area contributed by atoms with E-state index < -0.39 is 0 Å². The van der Waals surface area contributed by atoms with Crippen molar-refractivity contribution in [2.75, 3.05) is 5.75 Å². The van der Waals surface area contributed by atoms with E-state index in [2.05, 4.69) is 28.8 Å². The molecule has 1 aromatic carbocycles. The predicted molar refractivity (Wildman–Crippen MR) is 80.8 cm³/mol. The Labute approximate surface area is 118 Å². The van der Waals surface area contributed by atoms with Crippen LogP contribution in [-0.2, 0) is 6.54 Å². The fraction of sp³-hybridized carbons (Fsp3) is 0.312. The molecule has 100 valence electrons. The maximum atomic E-state index is 11.8. The number of ketones is 1. The summed E-state index contributed by atoms with van der Waals surface area (Å²) in [7, 11) is 0. The SMILES string of the molecule is CC(C)C(=O)c1ccn(CCSc2ccccc2)c1. The monoisotopic (exact) mass is 273 g/mol. The zero-order chi connectivity index (χ0) is 13.7. The molecule has 0 N–H and O–H groups in total. The number of rotatable bonds is 6. The number of carbonyl (C=O) groups is 1. The van der Waals surface area contributed by atoms with E-state index in [9.17, 15) is 4.79 Å². The largest absolute Gasteiger partial charge is 0.353 e. The van der Waals surface area contributed by atoms with Crippen molar-refractivity contribution in [3.05, 3.63) is 54.4 Å². The van der Waals surface area contributed by atoms with Crippen LogP contribution in [0.4, 0.5) is 0 Å². The molecule has 0 aliphatic carbocycles. The van der Waals surface area contributed by atoms with Crippen LogP contribution in [0.25, 0.3) is 0 Å². The second-order valence-corrected chi connectivity index (χ2v) is 5.99. The van der Waals surface area contributed by atoms with Gasteiger partial charge in [0.2, 0.25) is 0 Å².